The van der Waals surface area contributed by atoms with E-state index in [1.165, 1.54) is 6.33 Å². The highest BCUT2D eigenvalue weighted by atomic mass is 35.5. The van der Waals surface area contributed by atoms with Crippen molar-refractivity contribution in [3.05, 3.63) is 113 Å². The maximum Gasteiger partial charge on any atom is 0.408 e. The first-order valence-electron chi connectivity index (χ1n) is 24.9. The van der Waals surface area contributed by atoms with Gasteiger partial charge in [0, 0.05) is 50.0 Å². The van der Waals surface area contributed by atoms with E-state index >= 15 is 0 Å². The first-order valence-corrected chi connectivity index (χ1v) is 25.3. The predicted octanol–water partition coefficient (Wildman–Crippen LogP) is 9.51. The van der Waals surface area contributed by atoms with Gasteiger partial charge in [-0.05, 0) is 124 Å². The van der Waals surface area contributed by atoms with Crippen molar-refractivity contribution in [3.63, 3.8) is 0 Å². The number of nitrogens with one attached hydrogen (secondary N) is 5. The summed E-state index contributed by atoms with van der Waals surface area (Å²) in [6, 6.07) is 24.7. The van der Waals surface area contributed by atoms with E-state index in [9.17, 15) is 19.2 Å². The Labute approximate surface area is 415 Å². The molecule has 3 aromatic carbocycles. The van der Waals surface area contributed by atoms with Crippen LogP contribution in [0.25, 0.3) is 22.2 Å². The number of unbranched alkanes of at least 4 members (excludes halogenated alkanes) is 2. The second-order valence-corrected chi connectivity index (χ2v) is 20.2. The average molecular weight is 976 g/mol. The lowest BCUT2D eigenvalue weighted by atomic mass is 9.83. The number of amides is 4. The molecule has 2 fully saturated rings. The molecule has 5 N–H and O–H groups in total. The first-order chi connectivity index (χ1) is 33.9. The lowest BCUT2D eigenvalue weighted by Crippen LogP contribution is -2.64. The van der Waals surface area contributed by atoms with Crippen LogP contribution in [0, 0.1) is 5.92 Å². The molecule has 1 saturated heterocycles. The Morgan fingerprint density at radius 2 is 1.53 bits per heavy atom. The molecule has 0 spiro atoms. The van der Waals surface area contributed by atoms with E-state index in [0.717, 1.165) is 96.0 Å². The summed E-state index contributed by atoms with van der Waals surface area (Å²) in [6.07, 6.45) is 10.5. The molecule has 2 aliphatic carbocycles. The Morgan fingerprint density at radius 1 is 0.829 bits per heavy atom. The molecule has 16 heteroatoms. The molecule has 3 aliphatic rings. The number of hydrogen-bond acceptors (Lipinski definition) is 10. The Kier molecular flexibility index (Phi) is 16.6. The molecular weight excluding hydrogens is 908 g/mol. The van der Waals surface area contributed by atoms with E-state index in [0.29, 0.717) is 57.1 Å². The van der Waals surface area contributed by atoms with Crippen LogP contribution < -0.4 is 26.2 Å². The summed E-state index contributed by atoms with van der Waals surface area (Å²) in [5, 5.41) is 13.7. The van der Waals surface area contributed by atoms with Crippen molar-refractivity contribution in [2.24, 2.45) is 5.92 Å². The number of fused-ring (bicyclic) bond motifs is 4. The summed E-state index contributed by atoms with van der Waals surface area (Å²) in [4.78, 5) is 69.0. The predicted molar refractivity (Wildman–Crippen MR) is 271 cm³/mol. The number of benzene rings is 3. The van der Waals surface area contributed by atoms with Gasteiger partial charge in [0.05, 0.1) is 11.4 Å². The molecule has 0 radical (unpaired) electrons. The normalized spacial score (nSPS) is 16.7. The smallest absolute Gasteiger partial charge is 0.408 e. The average Bonchev–Trinajstić information content (AvgIpc) is 3.97. The van der Waals surface area contributed by atoms with Crippen molar-refractivity contribution in [2.75, 3.05) is 44.4 Å². The van der Waals surface area contributed by atoms with E-state index in [2.05, 4.69) is 65.4 Å². The van der Waals surface area contributed by atoms with Crippen molar-refractivity contribution in [3.8, 4) is 11.1 Å². The van der Waals surface area contributed by atoms with Gasteiger partial charge >= 0.3 is 12.2 Å². The van der Waals surface area contributed by atoms with Crippen LogP contribution in [0.4, 0.5) is 15.4 Å². The molecule has 4 amide bonds. The van der Waals surface area contributed by atoms with E-state index in [1.54, 1.807) is 32.9 Å². The van der Waals surface area contributed by atoms with Crippen LogP contribution in [-0.2, 0) is 23.8 Å². The summed E-state index contributed by atoms with van der Waals surface area (Å²) >= 11 is 6.28. The number of ether oxygens (including phenoxy) is 3. The van der Waals surface area contributed by atoms with Gasteiger partial charge in [0.1, 0.15) is 41.6 Å². The van der Waals surface area contributed by atoms with Crippen molar-refractivity contribution in [1.29, 1.82) is 0 Å². The van der Waals surface area contributed by atoms with Gasteiger partial charge in [0.25, 0.3) is 0 Å². The van der Waals surface area contributed by atoms with Crippen molar-refractivity contribution in [2.45, 2.75) is 121 Å². The highest BCUT2D eigenvalue weighted by Gasteiger charge is 2.45. The zero-order chi connectivity index (χ0) is 49.1. The maximum absolute atomic E-state index is 14.6. The van der Waals surface area contributed by atoms with Crippen molar-refractivity contribution >= 4 is 52.5 Å². The Morgan fingerprint density at radius 3 is 2.23 bits per heavy atom. The quantitative estimate of drug-likeness (QED) is 0.0499. The Bertz CT molecular complexity index is 2520. The summed E-state index contributed by atoms with van der Waals surface area (Å²) in [6.45, 7) is 7.82. The highest BCUT2D eigenvalue weighted by molar-refractivity contribution is 6.30. The van der Waals surface area contributed by atoms with Crippen LogP contribution in [0.5, 0.6) is 0 Å². The minimum atomic E-state index is -1.25. The van der Waals surface area contributed by atoms with Crippen LogP contribution in [0.1, 0.15) is 120 Å². The summed E-state index contributed by atoms with van der Waals surface area (Å²) < 4.78 is 17.6. The summed E-state index contributed by atoms with van der Waals surface area (Å²) in [7, 11) is 0. The third kappa shape index (κ3) is 12.6. The number of aromatic nitrogens is 3. The molecule has 2 atom stereocenters. The van der Waals surface area contributed by atoms with Gasteiger partial charge in [-0.1, -0.05) is 91.5 Å². The fraction of sp³-hybridized carbons (Fsp3) is 0.481. The number of alkyl carbamates (subject to hydrolysis) is 2. The number of hydrogen-bond donors (Lipinski definition) is 5. The van der Waals surface area contributed by atoms with Gasteiger partial charge in [-0.25, -0.2) is 19.6 Å². The number of rotatable bonds is 19. The lowest BCUT2D eigenvalue weighted by Gasteiger charge is -2.42. The molecule has 8 rings (SSSR count). The number of nitrogens with zero attached hydrogens (tertiary/aromatic N) is 3. The number of carbonyl (C=O) groups is 4. The number of aromatic amines is 1. The van der Waals surface area contributed by atoms with Crippen LogP contribution in [0.3, 0.4) is 0 Å². The number of H-pyrrole nitrogens is 1. The van der Waals surface area contributed by atoms with Crippen molar-refractivity contribution in [1.82, 2.24) is 36.2 Å². The third-order valence-corrected chi connectivity index (χ3v) is 14.1. The summed E-state index contributed by atoms with van der Waals surface area (Å²) in [5.74, 6) is 0.265. The molecule has 5 aromatic rings. The third-order valence-electron chi connectivity index (χ3n) is 13.8. The van der Waals surface area contributed by atoms with E-state index in [-0.39, 0.29) is 30.3 Å². The van der Waals surface area contributed by atoms with Gasteiger partial charge in [-0.15, -0.1) is 0 Å². The number of anilines is 1. The molecular formula is C54H67ClN8O7. The Hall–Kier alpha value is -6.19. The topological polar surface area (TPSA) is 189 Å². The highest BCUT2D eigenvalue weighted by Crippen LogP contribution is 2.44. The second-order valence-electron chi connectivity index (χ2n) is 19.8. The van der Waals surface area contributed by atoms with Crippen LogP contribution in [0.2, 0.25) is 5.02 Å². The molecule has 70 heavy (non-hydrogen) atoms. The standard InChI is InChI=1S/C54H67ClN8O7/c1-53(2,3)70-52(67)62-54(26-30-63(31-27-54)48-43-24-29-56-47(43)58-35-59-48)50(65)60-45(36-20-22-38(55)23-21-36)25-33-68-32-13-5-12-28-57-49(64)46(37-14-6-4-7-15-37)61-51(66)69-34-44-41-18-10-8-16-39(41)40-17-9-11-19-42(40)44/h8-11,16-24,29,35,37,44-46H,4-7,12-15,25-28,30-34H2,1-3H3,(H,57,64)(H,60,65)(H,61,66)(H,62,67)(H,56,58,59)/t45-,46+/m0/s1. The van der Waals surface area contributed by atoms with Gasteiger partial charge < -0.3 is 45.4 Å². The molecule has 15 nitrogen and oxygen atoms in total. The minimum absolute atomic E-state index is 0.0513. The van der Waals surface area contributed by atoms with Gasteiger partial charge in [0.2, 0.25) is 11.8 Å². The fourth-order valence-corrected chi connectivity index (χ4v) is 10.3. The van der Waals surface area contributed by atoms with E-state index in [4.69, 9.17) is 25.8 Å². The van der Waals surface area contributed by atoms with Crippen molar-refractivity contribution < 1.29 is 33.4 Å². The maximum atomic E-state index is 14.6. The summed E-state index contributed by atoms with van der Waals surface area (Å²) in [5.41, 5.74) is 4.17. The van der Waals surface area contributed by atoms with Gasteiger partial charge in [-0.3, -0.25) is 9.59 Å². The zero-order valence-corrected chi connectivity index (χ0v) is 41.3. The molecule has 1 saturated carbocycles. The van der Waals surface area contributed by atoms with E-state index in [1.807, 2.05) is 48.7 Å². The van der Waals surface area contributed by atoms with Crippen LogP contribution in [0.15, 0.2) is 91.4 Å². The van der Waals surface area contributed by atoms with E-state index < -0.39 is 35.4 Å². The van der Waals surface area contributed by atoms with Crippen LogP contribution in [-0.4, -0.2) is 95.6 Å². The second kappa shape index (κ2) is 23.2. The van der Waals surface area contributed by atoms with Gasteiger partial charge in [0.15, 0.2) is 0 Å². The van der Waals surface area contributed by atoms with Gasteiger partial charge in [-0.2, -0.15) is 0 Å². The largest absolute Gasteiger partial charge is 0.449 e. The van der Waals surface area contributed by atoms with Crippen LogP contribution >= 0.6 is 11.6 Å². The SMILES string of the molecule is CC(C)(C)OC(=O)NC1(C(=O)N[C@@H](CCOCCCCCNC(=O)[C@H](NC(=O)OCC2c3ccccc3-c3ccccc32)C2CCCCC2)c2ccc(Cl)cc2)CCN(c2ncnc3[nH]ccc23)CC1. The lowest BCUT2D eigenvalue weighted by molar-refractivity contribution is -0.129. The molecule has 2 aromatic heterocycles. The fourth-order valence-electron chi connectivity index (χ4n) is 10.2. The Balaban J connectivity index is 0.806. The number of piperidine rings is 1. The number of carbonyl (C=O) groups excluding carboxylic acids is 4. The minimum Gasteiger partial charge on any atom is -0.449 e. The molecule has 0 unspecified atom stereocenters. The monoisotopic (exact) mass is 974 g/mol. The molecule has 372 valence electrons. The molecule has 3 heterocycles. The molecule has 0 bridgehead atoms. The zero-order valence-electron chi connectivity index (χ0n) is 40.6. The molecule has 1 aliphatic heterocycles. The number of halogens is 1. The first kappa shape index (κ1) is 50.2.